The third-order valence-corrected chi connectivity index (χ3v) is 2.85. The van der Waals surface area contributed by atoms with Gasteiger partial charge in [0.05, 0.1) is 6.54 Å². The lowest BCUT2D eigenvalue weighted by molar-refractivity contribution is -0.108. The molecule has 1 aliphatic heterocycles. The Morgan fingerprint density at radius 3 is 2.47 bits per heavy atom. The molecular formula is C12H23ClF2N2O2. The fraction of sp³-hybridized carbons (Fsp3) is 0.917. The van der Waals surface area contributed by atoms with Crippen molar-refractivity contribution >= 4 is 18.5 Å². The number of ether oxygens (including phenoxy) is 1. The van der Waals surface area contributed by atoms with Crippen molar-refractivity contribution in [3.05, 3.63) is 0 Å². The number of hydrogen-bond donors (Lipinski definition) is 1. The van der Waals surface area contributed by atoms with E-state index in [4.69, 9.17) is 4.74 Å². The van der Waals surface area contributed by atoms with Crippen LogP contribution in [-0.4, -0.2) is 49.2 Å². The molecule has 4 nitrogen and oxygen atoms in total. The highest BCUT2D eigenvalue weighted by Crippen LogP contribution is 2.33. The molecule has 1 unspecified atom stereocenters. The molecule has 114 valence electrons. The van der Waals surface area contributed by atoms with Crippen LogP contribution in [0.2, 0.25) is 0 Å². The summed E-state index contributed by atoms with van der Waals surface area (Å²) in [5, 5.41) is 2.76. The van der Waals surface area contributed by atoms with Crippen LogP contribution in [0.1, 0.15) is 27.2 Å². The van der Waals surface area contributed by atoms with E-state index in [9.17, 15) is 13.6 Å². The molecule has 1 atom stereocenters. The Morgan fingerprint density at radius 1 is 1.47 bits per heavy atom. The van der Waals surface area contributed by atoms with E-state index in [1.807, 2.05) is 0 Å². The third kappa shape index (κ3) is 5.48. The van der Waals surface area contributed by atoms with Crippen molar-refractivity contribution in [1.29, 1.82) is 0 Å². The number of piperidine rings is 1. The van der Waals surface area contributed by atoms with Crippen molar-refractivity contribution in [3.63, 3.8) is 0 Å². The van der Waals surface area contributed by atoms with E-state index in [-0.39, 0.29) is 25.4 Å². The molecule has 0 bridgehead atoms. The van der Waals surface area contributed by atoms with Crippen LogP contribution in [0.25, 0.3) is 0 Å². The zero-order chi connectivity index (χ0) is 14.0. The SMILES string of the molecule is CNCC1CCN(C(=O)OC(C)(C)C)CC1(F)F.Cl. The van der Waals surface area contributed by atoms with Crippen LogP contribution in [0.5, 0.6) is 0 Å². The smallest absolute Gasteiger partial charge is 0.410 e. The molecular weight excluding hydrogens is 278 g/mol. The van der Waals surface area contributed by atoms with E-state index in [1.165, 1.54) is 0 Å². The van der Waals surface area contributed by atoms with Crippen LogP contribution in [0.3, 0.4) is 0 Å². The summed E-state index contributed by atoms with van der Waals surface area (Å²) < 4.78 is 32.7. The molecule has 1 amide bonds. The molecule has 19 heavy (non-hydrogen) atoms. The zero-order valence-corrected chi connectivity index (χ0v) is 12.7. The summed E-state index contributed by atoms with van der Waals surface area (Å²) in [6.07, 6.45) is -0.377. The van der Waals surface area contributed by atoms with Crippen molar-refractivity contribution in [3.8, 4) is 0 Å². The first-order chi connectivity index (χ1) is 8.15. The lowest BCUT2D eigenvalue weighted by Gasteiger charge is -2.38. The number of alkyl halides is 2. The molecule has 1 saturated heterocycles. The van der Waals surface area contributed by atoms with Gasteiger partial charge in [0.15, 0.2) is 0 Å². The largest absolute Gasteiger partial charge is 0.444 e. The van der Waals surface area contributed by atoms with Crippen molar-refractivity contribution in [2.45, 2.75) is 38.7 Å². The summed E-state index contributed by atoms with van der Waals surface area (Å²) in [7, 11) is 1.65. The van der Waals surface area contributed by atoms with Gasteiger partial charge >= 0.3 is 6.09 Å². The number of carbonyl (C=O) groups excluding carboxylic acids is 1. The van der Waals surface area contributed by atoms with Crippen molar-refractivity contribution in [2.75, 3.05) is 26.7 Å². The molecule has 0 spiro atoms. The Morgan fingerprint density at radius 2 is 2.05 bits per heavy atom. The van der Waals surface area contributed by atoms with Gasteiger partial charge in [-0.25, -0.2) is 13.6 Å². The van der Waals surface area contributed by atoms with Crippen LogP contribution in [0, 0.1) is 5.92 Å². The maximum atomic E-state index is 13.8. The van der Waals surface area contributed by atoms with E-state index in [0.29, 0.717) is 6.54 Å². The van der Waals surface area contributed by atoms with Gasteiger partial charge in [0.2, 0.25) is 0 Å². The molecule has 1 heterocycles. The van der Waals surface area contributed by atoms with Crippen molar-refractivity contribution < 1.29 is 18.3 Å². The van der Waals surface area contributed by atoms with Gasteiger partial charge in [-0.1, -0.05) is 0 Å². The minimum absolute atomic E-state index is 0. The summed E-state index contributed by atoms with van der Waals surface area (Å²) in [5.74, 6) is -3.58. The number of likely N-dealkylation sites (tertiary alicyclic amines) is 1. The quantitative estimate of drug-likeness (QED) is 0.852. The van der Waals surface area contributed by atoms with E-state index in [0.717, 1.165) is 4.90 Å². The second kappa shape index (κ2) is 6.70. The second-order valence-electron chi connectivity index (χ2n) is 5.71. The van der Waals surface area contributed by atoms with Gasteiger partial charge in [0.1, 0.15) is 5.60 Å². The van der Waals surface area contributed by atoms with Gasteiger partial charge in [-0.15, -0.1) is 12.4 Å². The first-order valence-electron chi connectivity index (χ1n) is 6.16. The fourth-order valence-corrected chi connectivity index (χ4v) is 1.97. The highest BCUT2D eigenvalue weighted by atomic mass is 35.5. The maximum absolute atomic E-state index is 13.8. The summed E-state index contributed by atoms with van der Waals surface area (Å²) in [5.41, 5.74) is -0.659. The number of halogens is 3. The molecule has 0 aliphatic carbocycles. The highest BCUT2D eigenvalue weighted by Gasteiger charge is 2.46. The molecule has 1 N–H and O–H groups in total. The van der Waals surface area contributed by atoms with Gasteiger partial charge in [-0.2, -0.15) is 0 Å². The average Bonchev–Trinajstić information content (AvgIpc) is 2.18. The maximum Gasteiger partial charge on any atom is 0.410 e. The van der Waals surface area contributed by atoms with Crippen LogP contribution < -0.4 is 5.32 Å². The molecule has 0 saturated carbocycles. The molecule has 7 heteroatoms. The van der Waals surface area contributed by atoms with Gasteiger partial charge in [-0.05, 0) is 34.2 Å². The van der Waals surface area contributed by atoms with Crippen LogP contribution >= 0.6 is 12.4 Å². The lowest BCUT2D eigenvalue weighted by Crippen LogP contribution is -2.53. The molecule has 1 fully saturated rings. The van der Waals surface area contributed by atoms with E-state index < -0.39 is 30.1 Å². The first kappa shape index (κ1) is 18.4. The first-order valence-corrected chi connectivity index (χ1v) is 6.16. The lowest BCUT2D eigenvalue weighted by atomic mass is 9.93. The number of hydrogen-bond acceptors (Lipinski definition) is 3. The monoisotopic (exact) mass is 300 g/mol. The zero-order valence-electron chi connectivity index (χ0n) is 11.8. The minimum atomic E-state index is -2.86. The average molecular weight is 301 g/mol. The Labute approximate surface area is 119 Å². The predicted octanol–water partition coefficient (Wildman–Crippen LogP) is 2.52. The Kier molecular flexibility index (Phi) is 6.48. The van der Waals surface area contributed by atoms with Gasteiger partial charge in [-0.3, -0.25) is 0 Å². The third-order valence-electron chi connectivity index (χ3n) is 2.85. The van der Waals surface area contributed by atoms with Crippen molar-refractivity contribution in [1.82, 2.24) is 10.2 Å². The van der Waals surface area contributed by atoms with Gasteiger partial charge in [0.25, 0.3) is 5.92 Å². The normalized spacial score (nSPS) is 22.6. The summed E-state index contributed by atoms with van der Waals surface area (Å²) in [4.78, 5) is 12.8. The van der Waals surface area contributed by atoms with E-state index >= 15 is 0 Å². The topological polar surface area (TPSA) is 41.6 Å². The molecule has 0 radical (unpaired) electrons. The Hall–Kier alpha value is -0.620. The van der Waals surface area contributed by atoms with Gasteiger partial charge < -0.3 is 15.0 Å². The molecule has 0 aromatic rings. The van der Waals surface area contributed by atoms with E-state index in [1.54, 1.807) is 27.8 Å². The number of amides is 1. The second-order valence-corrected chi connectivity index (χ2v) is 5.71. The minimum Gasteiger partial charge on any atom is -0.444 e. The highest BCUT2D eigenvalue weighted by molar-refractivity contribution is 5.85. The number of rotatable bonds is 2. The summed E-state index contributed by atoms with van der Waals surface area (Å²) in [6, 6.07) is 0. The molecule has 0 aromatic carbocycles. The van der Waals surface area contributed by atoms with Crippen LogP contribution in [-0.2, 0) is 4.74 Å². The number of nitrogens with zero attached hydrogens (tertiary/aromatic N) is 1. The Bertz CT molecular complexity index is 309. The summed E-state index contributed by atoms with van der Waals surface area (Å²) in [6.45, 7) is 5.17. The predicted molar refractivity (Wildman–Crippen MR) is 72.0 cm³/mol. The van der Waals surface area contributed by atoms with Crippen LogP contribution in [0.4, 0.5) is 13.6 Å². The molecule has 1 rings (SSSR count). The molecule has 1 aliphatic rings. The number of nitrogens with one attached hydrogen (secondary N) is 1. The molecule has 0 aromatic heterocycles. The fourth-order valence-electron chi connectivity index (χ4n) is 1.97. The van der Waals surface area contributed by atoms with Crippen LogP contribution in [0.15, 0.2) is 0 Å². The van der Waals surface area contributed by atoms with Gasteiger partial charge in [0, 0.05) is 19.0 Å². The number of carbonyl (C=O) groups is 1. The van der Waals surface area contributed by atoms with Crippen molar-refractivity contribution in [2.24, 2.45) is 5.92 Å². The van der Waals surface area contributed by atoms with E-state index in [2.05, 4.69) is 5.32 Å². The standard InChI is InChI=1S/C12H22F2N2O2.ClH/c1-11(2,3)18-10(17)16-6-5-9(7-15-4)12(13,14)8-16;/h9,15H,5-8H2,1-4H3;1H. The summed E-state index contributed by atoms with van der Waals surface area (Å²) >= 11 is 0. The Balaban J connectivity index is 0.00000324.